The van der Waals surface area contributed by atoms with E-state index in [9.17, 15) is 4.79 Å². The van der Waals surface area contributed by atoms with E-state index in [0.29, 0.717) is 5.69 Å². The molecule has 0 aliphatic heterocycles. The van der Waals surface area contributed by atoms with Gasteiger partial charge in [0.25, 0.3) is 0 Å². The number of hydrogen-bond donors (Lipinski definition) is 2. The first-order valence-electron chi connectivity index (χ1n) is 5.22. The molecule has 18 heavy (non-hydrogen) atoms. The summed E-state index contributed by atoms with van der Waals surface area (Å²) in [4.78, 5) is 10.6. The third-order valence-electron chi connectivity index (χ3n) is 2.38. The lowest BCUT2D eigenvalue weighted by Gasteiger charge is -2.01. The molecule has 3 N–H and O–H groups in total. The van der Waals surface area contributed by atoms with Crippen LogP contribution in [-0.2, 0) is 11.2 Å². The molecule has 0 amide bonds. The molecule has 1 aromatic heterocycles. The number of benzene rings is 1. The van der Waals surface area contributed by atoms with Crippen molar-refractivity contribution in [1.29, 1.82) is 0 Å². The van der Waals surface area contributed by atoms with Crippen molar-refractivity contribution in [3.05, 3.63) is 40.6 Å². The van der Waals surface area contributed by atoms with E-state index in [0.717, 1.165) is 10.2 Å². The monoisotopic (exact) mass is 310 g/mol. The van der Waals surface area contributed by atoms with Crippen LogP contribution >= 0.6 is 15.9 Å². The van der Waals surface area contributed by atoms with Crippen LogP contribution < -0.4 is 5.73 Å². The largest absolute Gasteiger partial charge is 0.480 e. The van der Waals surface area contributed by atoms with Gasteiger partial charge in [-0.15, -0.1) is 5.10 Å². The Hall–Kier alpha value is -1.73. The molecule has 2 rings (SSSR count). The Kier molecular flexibility index (Phi) is 3.73. The number of aliphatic carboxylic acids is 1. The maximum absolute atomic E-state index is 10.6. The lowest BCUT2D eigenvalue weighted by Crippen LogP contribution is -2.32. The van der Waals surface area contributed by atoms with Crippen molar-refractivity contribution in [1.82, 2.24) is 15.0 Å². The van der Waals surface area contributed by atoms with E-state index in [-0.39, 0.29) is 6.42 Å². The lowest BCUT2D eigenvalue weighted by molar-refractivity contribution is -0.138. The number of nitrogens with two attached hydrogens (primary N) is 1. The van der Waals surface area contributed by atoms with Crippen molar-refractivity contribution in [2.45, 2.75) is 12.5 Å². The average Bonchev–Trinajstić information content (AvgIpc) is 2.78. The molecule has 0 spiro atoms. The predicted octanol–water partition coefficient (Wildman–Crippen LogP) is 0.984. The number of halogens is 1. The molecule has 7 heteroatoms. The lowest BCUT2D eigenvalue weighted by atomic mass is 10.2. The molecule has 0 radical (unpaired) electrons. The smallest absolute Gasteiger partial charge is 0.320 e. The average molecular weight is 311 g/mol. The van der Waals surface area contributed by atoms with Crippen LogP contribution in [0.2, 0.25) is 0 Å². The molecule has 0 fully saturated rings. The van der Waals surface area contributed by atoms with Crippen LogP contribution in [-0.4, -0.2) is 32.1 Å². The Bertz CT molecular complexity index is 552. The van der Waals surface area contributed by atoms with E-state index in [1.165, 1.54) is 0 Å². The number of carboxylic acid groups (broad SMARTS) is 1. The van der Waals surface area contributed by atoms with Crippen LogP contribution in [0.25, 0.3) is 5.69 Å². The molecular weight excluding hydrogens is 300 g/mol. The van der Waals surface area contributed by atoms with E-state index in [2.05, 4.69) is 26.2 Å². The molecule has 1 heterocycles. The molecular formula is C11H11BrN4O2. The van der Waals surface area contributed by atoms with E-state index in [1.54, 1.807) is 10.9 Å². The SMILES string of the molecule is NC(Cc1cn(-c2ccc(Br)cc2)nn1)C(=O)O. The summed E-state index contributed by atoms with van der Waals surface area (Å²) in [5.41, 5.74) is 6.83. The molecule has 2 aromatic rings. The van der Waals surface area contributed by atoms with Gasteiger partial charge >= 0.3 is 5.97 Å². The summed E-state index contributed by atoms with van der Waals surface area (Å²) in [6.07, 6.45) is 1.83. The molecule has 0 saturated carbocycles. The van der Waals surface area contributed by atoms with Crippen LogP contribution in [0.1, 0.15) is 5.69 Å². The molecule has 94 valence electrons. The molecule has 0 aliphatic carbocycles. The van der Waals surface area contributed by atoms with Crippen LogP contribution in [0.15, 0.2) is 34.9 Å². The Morgan fingerprint density at radius 2 is 2.11 bits per heavy atom. The molecule has 0 saturated heterocycles. The van der Waals surface area contributed by atoms with Gasteiger partial charge < -0.3 is 10.8 Å². The van der Waals surface area contributed by atoms with Gasteiger partial charge in [0.2, 0.25) is 0 Å². The molecule has 0 bridgehead atoms. The second-order valence-electron chi connectivity index (χ2n) is 3.78. The van der Waals surface area contributed by atoms with E-state index < -0.39 is 12.0 Å². The molecule has 1 atom stereocenters. The van der Waals surface area contributed by atoms with Gasteiger partial charge in [0, 0.05) is 10.9 Å². The van der Waals surface area contributed by atoms with Crippen molar-refractivity contribution in [2.75, 3.05) is 0 Å². The zero-order valence-corrected chi connectivity index (χ0v) is 10.9. The topological polar surface area (TPSA) is 94.0 Å². The number of aromatic nitrogens is 3. The van der Waals surface area contributed by atoms with Gasteiger partial charge in [-0.2, -0.15) is 0 Å². The van der Waals surface area contributed by atoms with Crippen molar-refractivity contribution in [3.8, 4) is 5.69 Å². The highest BCUT2D eigenvalue weighted by molar-refractivity contribution is 9.10. The van der Waals surface area contributed by atoms with Gasteiger partial charge in [-0.1, -0.05) is 21.1 Å². The summed E-state index contributed by atoms with van der Waals surface area (Å²) in [5, 5.41) is 16.5. The van der Waals surface area contributed by atoms with Gasteiger partial charge in [0.15, 0.2) is 0 Å². The number of rotatable bonds is 4. The van der Waals surface area contributed by atoms with Crippen LogP contribution in [0.3, 0.4) is 0 Å². The Morgan fingerprint density at radius 3 is 2.72 bits per heavy atom. The minimum absolute atomic E-state index is 0.159. The molecule has 1 unspecified atom stereocenters. The molecule has 6 nitrogen and oxygen atoms in total. The summed E-state index contributed by atoms with van der Waals surface area (Å²) in [7, 11) is 0. The van der Waals surface area contributed by atoms with Crippen molar-refractivity contribution in [3.63, 3.8) is 0 Å². The second-order valence-corrected chi connectivity index (χ2v) is 4.70. The highest BCUT2D eigenvalue weighted by Crippen LogP contribution is 2.13. The summed E-state index contributed by atoms with van der Waals surface area (Å²) < 4.78 is 2.55. The Labute approximate surface area is 112 Å². The quantitative estimate of drug-likeness (QED) is 0.878. The highest BCUT2D eigenvalue weighted by Gasteiger charge is 2.14. The fraction of sp³-hybridized carbons (Fsp3) is 0.182. The maximum atomic E-state index is 10.6. The first-order chi connectivity index (χ1) is 8.56. The fourth-order valence-corrected chi connectivity index (χ4v) is 1.69. The van der Waals surface area contributed by atoms with E-state index in [4.69, 9.17) is 10.8 Å². The Morgan fingerprint density at radius 1 is 1.44 bits per heavy atom. The van der Waals surface area contributed by atoms with Crippen LogP contribution in [0, 0.1) is 0 Å². The molecule has 0 aliphatic rings. The van der Waals surface area contributed by atoms with Crippen LogP contribution in [0.5, 0.6) is 0 Å². The third kappa shape index (κ3) is 2.93. The summed E-state index contributed by atoms with van der Waals surface area (Å²) >= 11 is 3.34. The van der Waals surface area contributed by atoms with Gasteiger partial charge in [0.05, 0.1) is 17.6 Å². The number of hydrogen-bond acceptors (Lipinski definition) is 4. The first kappa shape index (κ1) is 12.7. The third-order valence-corrected chi connectivity index (χ3v) is 2.91. The second kappa shape index (κ2) is 5.28. The van der Waals surface area contributed by atoms with Crippen LogP contribution in [0.4, 0.5) is 0 Å². The maximum Gasteiger partial charge on any atom is 0.320 e. The summed E-state index contributed by atoms with van der Waals surface area (Å²) in [6.45, 7) is 0. The van der Waals surface area contributed by atoms with Gasteiger partial charge in [-0.3, -0.25) is 4.79 Å². The van der Waals surface area contributed by atoms with Gasteiger partial charge in [-0.25, -0.2) is 4.68 Å². The molecule has 1 aromatic carbocycles. The first-order valence-corrected chi connectivity index (χ1v) is 6.01. The normalized spacial score (nSPS) is 12.3. The standard InChI is InChI=1S/C11H11BrN4O2/c12-7-1-3-9(4-2-7)16-6-8(14-15-16)5-10(13)11(17)18/h1-4,6,10H,5,13H2,(H,17,18). The fourth-order valence-electron chi connectivity index (χ4n) is 1.42. The van der Waals surface area contributed by atoms with E-state index >= 15 is 0 Å². The minimum Gasteiger partial charge on any atom is -0.480 e. The number of carboxylic acids is 1. The predicted molar refractivity (Wildman–Crippen MR) is 68.4 cm³/mol. The van der Waals surface area contributed by atoms with Crippen molar-refractivity contribution >= 4 is 21.9 Å². The van der Waals surface area contributed by atoms with Crippen molar-refractivity contribution in [2.24, 2.45) is 5.73 Å². The Balaban J connectivity index is 2.15. The van der Waals surface area contributed by atoms with Gasteiger partial charge in [-0.05, 0) is 24.3 Å². The zero-order valence-electron chi connectivity index (χ0n) is 9.32. The van der Waals surface area contributed by atoms with E-state index in [1.807, 2.05) is 24.3 Å². The number of nitrogens with zero attached hydrogens (tertiary/aromatic N) is 3. The minimum atomic E-state index is -1.05. The number of carbonyl (C=O) groups is 1. The zero-order chi connectivity index (χ0) is 13.1. The van der Waals surface area contributed by atoms with Gasteiger partial charge in [0.1, 0.15) is 6.04 Å². The highest BCUT2D eigenvalue weighted by atomic mass is 79.9. The van der Waals surface area contributed by atoms with Crippen molar-refractivity contribution < 1.29 is 9.90 Å². The summed E-state index contributed by atoms with van der Waals surface area (Å²) in [6, 6.07) is 6.57. The summed E-state index contributed by atoms with van der Waals surface area (Å²) in [5.74, 6) is -1.05.